The molecule has 0 radical (unpaired) electrons. The molecule has 0 aromatic rings. The van der Waals surface area contributed by atoms with Gasteiger partial charge in [-0.05, 0) is 68.1 Å². The lowest BCUT2D eigenvalue weighted by Crippen LogP contribution is -2.65. The van der Waals surface area contributed by atoms with Crippen molar-refractivity contribution in [3.8, 4) is 0 Å². The number of hydrogen-bond donors (Lipinski definition) is 2. The summed E-state index contributed by atoms with van der Waals surface area (Å²) in [4.78, 5) is 0. The van der Waals surface area contributed by atoms with Crippen LogP contribution in [0.3, 0.4) is 0 Å². The molecular formula is C18H31NO. The molecule has 5 fully saturated rings. The maximum atomic E-state index is 10.7. The first-order valence-electron chi connectivity index (χ1n) is 8.79. The average Bonchev–Trinajstić information content (AvgIpc) is 2.70. The lowest BCUT2D eigenvalue weighted by atomic mass is 9.42. The molecule has 2 atom stereocenters. The van der Waals surface area contributed by atoms with Crippen LogP contribution in [0.2, 0.25) is 0 Å². The van der Waals surface area contributed by atoms with Crippen LogP contribution in [-0.4, -0.2) is 22.8 Å². The molecule has 0 aromatic carbocycles. The van der Waals surface area contributed by atoms with Gasteiger partial charge in [0.05, 0.1) is 5.60 Å². The van der Waals surface area contributed by atoms with E-state index in [0.717, 1.165) is 25.3 Å². The van der Waals surface area contributed by atoms with Crippen LogP contribution in [0.15, 0.2) is 0 Å². The van der Waals surface area contributed by atoms with Crippen molar-refractivity contribution in [2.45, 2.75) is 89.2 Å². The molecule has 0 saturated heterocycles. The quantitative estimate of drug-likeness (QED) is 0.825. The molecule has 0 amide bonds. The second-order valence-electron chi connectivity index (χ2n) is 9.70. The maximum Gasteiger partial charge on any atom is 0.0771 e. The van der Waals surface area contributed by atoms with E-state index >= 15 is 0 Å². The molecule has 0 heterocycles. The van der Waals surface area contributed by atoms with Gasteiger partial charge in [0.2, 0.25) is 0 Å². The van der Waals surface area contributed by atoms with E-state index in [9.17, 15) is 5.11 Å². The Morgan fingerprint density at radius 2 is 1.55 bits per heavy atom. The van der Waals surface area contributed by atoms with Crippen molar-refractivity contribution < 1.29 is 5.11 Å². The lowest BCUT2D eigenvalue weighted by molar-refractivity contribution is -0.122. The Bertz CT molecular complexity index is 394. The molecule has 5 aliphatic rings. The summed E-state index contributed by atoms with van der Waals surface area (Å²) in [6, 6.07) is 0. The second kappa shape index (κ2) is 4.01. The highest BCUT2D eigenvalue weighted by molar-refractivity contribution is 5.14. The van der Waals surface area contributed by atoms with Crippen molar-refractivity contribution >= 4 is 0 Å². The van der Waals surface area contributed by atoms with E-state index in [4.69, 9.17) is 0 Å². The van der Waals surface area contributed by atoms with E-state index in [0.29, 0.717) is 16.4 Å². The van der Waals surface area contributed by atoms with Crippen LogP contribution in [0, 0.1) is 16.7 Å². The van der Waals surface area contributed by atoms with E-state index in [1.165, 1.54) is 51.4 Å². The number of aliphatic hydroxyl groups is 1. The highest BCUT2D eigenvalue weighted by atomic mass is 16.3. The van der Waals surface area contributed by atoms with E-state index in [1.54, 1.807) is 0 Å². The monoisotopic (exact) mass is 277 g/mol. The van der Waals surface area contributed by atoms with Gasteiger partial charge in [0.1, 0.15) is 0 Å². The minimum atomic E-state index is -0.398. The molecule has 0 aromatic heterocycles. The topological polar surface area (TPSA) is 32.3 Å². The zero-order valence-electron chi connectivity index (χ0n) is 13.3. The molecule has 0 aliphatic heterocycles. The van der Waals surface area contributed by atoms with Crippen LogP contribution in [0.4, 0.5) is 0 Å². The van der Waals surface area contributed by atoms with E-state index in [-0.39, 0.29) is 0 Å². The standard InChI is InChI=1S/C18H31NO/c1-15-7-14-8-16(2,10-15)12-17(9-14,11-15)19-13-18(20)5-3-4-6-18/h14,19-20H,3-13H2,1-2H3. The number of nitrogens with one attached hydrogen (secondary N) is 1. The summed E-state index contributed by atoms with van der Waals surface area (Å²) in [5, 5.41) is 14.6. The molecule has 5 rings (SSSR count). The molecule has 114 valence electrons. The first-order chi connectivity index (χ1) is 9.32. The van der Waals surface area contributed by atoms with Crippen LogP contribution in [0.1, 0.15) is 78.1 Å². The van der Waals surface area contributed by atoms with E-state index in [1.807, 2.05) is 0 Å². The lowest BCUT2D eigenvalue weighted by Gasteiger charge is -2.66. The third-order valence-corrected chi connectivity index (χ3v) is 6.95. The second-order valence-corrected chi connectivity index (χ2v) is 9.70. The van der Waals surface area contributed by atoms with Crippen molar-refractivity contribution in [2.75, 3.05) is 6.54 Å². The SMILES string of the molecule is CC12CC3CC(C)(C1)CC(NCC1(O)CCCC1)(C3)C2. The predicted molar refractivity (Wildman–Crippen MR) is 81.6 cm³/mol. The Morgan fingerprint density at radius 1 is 0.950 bits per heavy atom. The Morgan fingerprint density at radius 3 is 2.10 bits per heavy atom. The van der Waals surface area contributed by atoms with Gasteiger partial charge >= 0.3 is 0 Å². The number of hydrogen-bond acceptors (Lipinski definition) is 2. The fourth-order valence-electron chi connectivity index (χ4n) is 7.21. The van der Waals surface area contributed by atoms with Gasteiger partial charge in [-0.1, -0.05) is 26.7 Å². The first kappa shape index (κ1) is 13.6. The third-order valence-electron chi connectivity index (χ3n) is 6.95. The van der Waals surface area contributed by atoms with Crippen molar-refractivity contribution in [3.63, 3.8) is 0 Å². The molecule has 2 unspecified atom stereocenters. The maximum absolute atomic E-state index is 10.7. The minimum absolute atomic E-state index is 0.348. The van der Waals surface area contributed by atoms with Crippen molar-refractivity contribution in [3.05, 3.63) is 0 Å². The summed E-state index contributed by atoms with van der Waals surface area (Å²) < 4.78 is 0. The fraction of sp³-hybridized carbons (Fsp3) is 1.00. The summed E-state index contributed by atoms with van der Waals surface area (Å²) in [6.07, 6.45) is 12.9. The third kappa shape index (κ3) is 2.14. The van der Waals surface area contributed by atoms with E-state index in [2.05, 4.69) is 19.2 Å². The summed E-state index contributed by atoms with van der Waals surface area (Å²) >= 11 is 0. The Hall–Kier alpha value is -0.0800. The Balaban J connectivity index is 1.52. The van der Waals surface area contributed by atoms with Gasteiger partial charge in [0.15, 0.2) is 0 Å². The molecule has 2 N–H and O–H groups in total. The molecular weight excluding hydrogens is 246 g/mol. The van der Waals surface area contributed by atoms with Crippen LogP contribution in [-0.2, 0) is 0 Å². The van der Waals surface area contributed by atoms with Crippen LogP contribution in [0.25, 0.3) is 0 Å². The van der Waals surface area contributed by atoms with Crippen LogP contribution in [0.5, 0.6) is 0 Å². The zero-order chi connectivity index (χ0) is 14.1. The normalized spacial score (nSPS) is 52.6. The number of β-amino-alcohol motifs (C(OH)–C–C–N with tert-alkyl or cyclic N) is 1. The Labute approximate surface area is 123 Å². The van der Waals surface area contributed by atoms with Gasteiger partial charge in [0.25, 0.3) is 0 Å². The van der Waals surface area contributed by atoms with Gasteiger partial charge in [-0.3, -0.25) is 0 Å². The zero-order valence-corrected chi connectivity index (χ0v) is 13.3. The highest BCUT2D eigenvalue weighted by Crippen LogP contribution is 2.66. The molecule has 5 saturated carbocycles. The van der Waals surface area contributed by atoms with Crippen LogP contribution >= 0.6 is 0 Å². The van der Waals surface area contributed by atoms with Gasteiger partial charge < -0.3 is 10.4 Å². The van der Waals surface area contributed by atoms with Crippen molar-refractivity contribution in [2.24, 2.45) is 16.7 Å². The summed E-state index contributed by atoms with van der Waals surface area (Å²) in [7, 11) is 0. The summed E-state index contributed by atoms with van der Waals surface area (Å²) in [5.74, 6) is 0.937. The summed E-state index contributed by atoms with van der Waals surface area (Å²) in [6.45, 7) is 5.89. The van der Waals surface area contributed by atoms with E-state index < -0.39 is 5.60 Å². The molecule has 4 bridgehead atoms. The molecule has 5 aliphatic carbocycles. The largest absolute Gasteiger partial charge is 0.389 e. The van der Waals surface area contributed by atoms with Crippen LogP contribution < -0.4 is 5.32 Å². The first-order valence-corrected chi connectivity index (χ1v) is 8.79. The molecule has 0 spiro atoms. The Kier molecular flexibility index (Phi) is 2.72. The smallest absolute Gasteiger partial charge is 0.0771 e. The van der Waals surface area contributed by atoms with Crippen molar-refractivity contribution in [1.29, 1.82) is 0 Å². The van der Waals surface area contributed by atoms with Gasteiger partial charge in [-0.15, -0.1) is 0 Å². The average molecular weight is 277 g/mol. The molecule has 2 nitrogen and oxygen atoms in total. The molecule has 20 heavy (non-hydrogen) atoms. The summed E-state index contributed by atoms with van der Waals surface area (Å²) in [5.41, 5.74) is 1.09. The van der Waals surface area contributed by atoms with Crippen molar-refractivity contribution in [1.82, 2.24) is 5.32 Å². The predicted octanol–water partition coefficient (Wildman–Crippen LogP) is 3.63. The number of rotatable bonds is 3. The van der Waals surface area contributed by atoms with Gasteiger partial charge in [-0.2, -0.15) is 0 Å². The van der Waals surface area contributed by atoms with Gasteiger partial charge in [-0.25, -0.2) is 0 Å². The highest BCUT2D eigenvalue weighted by Gasteiger charge is 2.60. The molecule has 2 heteroatoms. The fourth-order valence-corrected chi connectivity index (χ4v) is 7.21. The van der Waals surface area contributed by atoms with Gasteiger partial charge in [0, 0.05) is 12.1 Å². The minimum Gasteiger partial charge on any atom is -0.389 e.